The van der Waals surface area contributed by atoms with Gasteiger partial charge < -0.3 is 14.7 Å². The number of carbonyl (C=O) groups is 1. The number of ether oxygens (including phenoxy) is 1. The van der Waals surface area contributed by atoms with E-state index < -0.39 is 17.3 Å². The summed E-state index contributed by atoms with van der Waals surface area (Å²) in [5, 5.41) is 17.1. The highest BCUT2D eigenvalue weighted by Gasteiger charge is 2.46. The fraction of sp³-hybridized carbons (Fsp3) is 0.370. The first kappa shape index (κ1) is 24.6. The SMILES string of the molecule is Cc1cc(=O)[nH]nc1-c1ccc([C@H](C)N2CC[C@](CC(C)(C)O)(c3ccc(F)cc3)OC2=O)cc1. The second-order valence-electron chi connectivity index (χ2n) is 9.86. The van der Waals surface area contributed by atoms with Crippen LogP contribution >= 0.6 is 0 Å². The Hall–Kier alpha value is -3.52. The number of benzene rings is 2. The molecule has 7 nitrogen and oxygen atoms in total. The Kier molecular flexibility index (Phi) is 6.51. The molecule has 1 aliphatic rings. The number of aromatic nitrogens is 2. The minimum Gasteiger partial charge on any atom is -0.438 e. The third-order valence-electron chi connectivity index (χ3n) is 6.50. The number of carbonyl (C=O) groups excluding carboxylic acids is 1. The van der Waals surface area contributed by atoms with Crippen LogP contribution in [0.25, 0.3) is 11.3 Å². The van der Waals surface area contributed by atoms with Crippen molar-refractivity contribution in [2.75, 3.05) is 6.54 Å². The Labute approximate surface area is 203 Å². The molecular weight excluding hydrogens is 449 g/mol. The lowest BCUT2D eigenvalue weighted by Crippen LogP contribution is -2.51. The lowest BCUT2D eigenvalue weighted by molar-refractivity contribution is -0.101. The van der Waals surface area contributed by atoms with Crippen molar-refractivity contribution in [3.63, 3.8) is 0 Å². The van der Waals surface area contributed by atoms with E-state index in [2.05, 4.69) is 10.2 Å². The summed E-state index contributed by atoms with van der Waals surface area (Å²) in [6, 6.07) is 14.8. The summed E-state index contributed by atoms with van der Waals surface area (Å²) in [5.74, 6) is -0.375. The van der Waals surface area contributed by atoms with Gasteiger partial charge in [0.25, 0.3) is 5.56 Å². The first-order chi connectivity index (χ1) is 16.5. The fourth-order valence-electron chi connectivity index (χ4n) is 4.79. The average molecular weight is 480 g/mol. The lowest BCUT2D eigenvalue weighted by atomic mass is 9.80. The molecule has 1 saturated heterocycles. The molecule has 35 heavy (non-hydrogen) atoms. The van der Waals surface area contributed by atoms with E-state index in [4.69, 9.17) is 4.74 Å². The van der Waals surface area contributed by atoms with Crippen LogP contribution in [0.15, 0.2) is 59.4 Å². The van der Waals surface area contributed by atoms with Gasteiger partial charge in [-0.2, -0.15) is 5.10 Å². The molecule has 1 fully saturated rings. The second-order valence-corrected chi connectivity index (χ2v) is 9.86. The molecule has 0 spiro atoms. The van der Waals surface area contributed by atoms with Crippen LogP contribution in [0.4, 0.5) is 9.18 Å². The van der Waals surface area contributed by atoms with Crippen molar-refractivity contribution in [1.29, 1.82) is 0 Å². The predicted molar refractivity (Wildman–Crippen MR) is 130 cm³/mol. The number of aliphatic hydroxyl groups is 1. The van der Waals surface area contributed by atoms with Gasteiger partial charge in [0.1, 0.15) is 11.4 Å². The van der Waals surface area contributed by atoms with Gasteiger partial charge in [-0.3, -0.25) is 4.79 Å². The zero-order valence-corrected chi connectivity index (χ0v) is 20.3. The van der Waals surface area contributed by atoms with Crippen molar-refractivity contribution in [2.24, 2.45) is 0 Å². The van der Waals surface area contributed by atoms with E-state index in [1.807, 2.05) is 38.1 Å². The maximum Gasteiger partial charge on any atom is 0.411 e. The van der Waals surface area contributed by atoms with Crippen molar-refractivity contribution >= 4 is 6.09 Å². The Morgan fingerprint density at radius 3 is 2.40 bits per heavy atom. The van der Waals surface area contributed by atoms with Crippen LogP contribution in [0.5, 0.6) is 0 Å². The molecule has 184 valence electrons. The number of cyclic esters (lactones) is 1. The van der Waals surface area contributed by atoms with Crippen molar-refractivity contribution in [2.45, 2.75) is 57.8 Å². The topological polar surface area (TPSA) is 95.5 Å². The van der Waals surface area contributed by atoms with Gasteiger partial charge in [-0.1, -0.05) is 36.4 Å². The number of hydrogen-bond donors (Lipinski definition) is 2. The molecular formula is C27H30FN3O4. The van der Waals surface area contributed by atoms with E-state index in [0.29, 0.717) is 24.2 Å². The zero-order valence-electron chi connectivity index (χ0n) is 20.3. The van der Waals surface area contributed by atoms with Gasteiger partial charge in [-0.15, -0.1) is 0 Å². The highest BCUT2D eigenvalue weighted by atomic mass is 19.1. The van der Waals surface area contributed by atoms with Crippen LogP contribution in [0.1, 0.15) is 56.3 Å². The van der Waals surface area contributed by atoms with Gasteiger partial charge >= 0.3 is 6.09 Å². The molecule has 2 atom stereocenters. The van der Waals surface area contributed by atoms with Crippen LogP contribution in [-0.4, -0.2) is 38.4 Å². The number of nitrogens with one attached hydrogen (secondary N) is 1. The molecule has 2 aromatic carbocycles. The zero-order chi connectivity index (χ0) is 25.4. The highest BCUT2D eigenvalue weighted by molar-refractivity contribution is 5.70. The van der Waals surface area contributed by atoms with Crippen LogP contribution in [0.2, 0.25) is 0 Å². The van der Waals surface area contributed by atoms with Gasteiger partial charge in [-0.05, 0) is 56.5 Å². The monoisotopic (exact) mass is 479 g/mol. The first-order valence-corrected chi connectivity index (χ1v) is 11.6. The molecule has 0 bridgehead atoms. The number of aryl methyl sites for hydroxylation is 1. The Bertz CT molecular complexity index is 1270. The van der Waals surface area contributed by atoms with Gasteiger partial charge in [0.05, 0.1) is 17.3 Å². The summed E-state index contributed by atoms with van der Waals surface area (Å²) >= 11 is 0. The number of nitrogens with zero attached hydrogens (tertiary/aromatic N) is 2. The molecule has 1 aromatic heterocycles. The number of rotatable bonds is 6. The van der Waals surface area contributed by atoms with E-state index in [1.165, 1.54) is 18.2 Å². The third kappa shape index (κ3) is 5.27. The van der Waals surface area contributed by atoms with E-state index in [9.17, 15) is 19.1 Å². The summed E-state index contributed by atoms with van der Waals surface area (Å²) in [6.45, 7) is 7.51. The molecule has 0 aliphatic carbocycles. The molecule has 2 N–H and O–H groups in total. The Morgan fingerprint density at radius 1 is 1.17 bits per heavy atom. The third-order valence-corrected chi connectivity index (χ3v) is 6.50. The molecule has 1 aliphatic heterocycles. The summed E-state index contributed by atoms with van der Waals surface area (Å²) in [7, 11) is 0. The van der Waals surface area contributed by atoms with Crippen LogP contribution in [-0.2, 0) is 10.3 Å². The van der Waals surface area contributed by atoms with Gasteiger partial charge in [0, 0.05) is 31.0 Å². The van der Waals surface area contributed by atoms with E-state index in [1.54, 1.807) is 30.9 Å². The molecule has 0 unspecified atom stereocenters. The normalized spacial score (nSPS) is 19.4. The van der Waals surface area contributed by atoms with Gasteiger partial charge in [0.2, 0.25) is 0 Å². The number of aromatic amines is 1. The molecule has 1 amide bonds. The van der Waals surface area contributed by atoms with Gasteiger partial charge in [0.15, 0.2) is 0 Å². The Balaban J connectivity index is 1.55. The first-order valence-electron chi connectivity index (χ1n) is 11.6. The lowest BCUT2D eigenvalue weighted by Gasteiger charge is -2.45. The molecule has 8 heteroatoms. The molecule has 3 aromatic rings. The maximum absolute atomic E-state index is 13.5. The quantitative estimate of drug-likeness (QED) is 0.527. The van der Waals surface area contributed by atoms with E-state index in [0.717, 1.165) is 16.7 Å². The summed E-state index contributed by atoms with van der Waals surface area (Å²) in [6.07, 6.45) is 0.163. The number of amides is 1. The average Bonchev–Trinajstić information content (AvgIpc) is 2.78. The van der Waals surface area contributed by atoms with Crippen molar-refractivity contribution in [3.05, 3.63) is 87.5 Å². The minimum absolute atomic E-state index is 0.194. The van der Waals surface area contributed by atoms with Crippen LogP contribution in [0, 0.1) is 12.7 Å². The molecule has 0 radical (unpaired) electrons. The molecule has 4 rings (SSSR count). The van der Waals surface area contributed by atoms with E-state index >= 15 is 0 Å². The summed E-state index contributed by atoms with van der Waals surface area (Å²) in [5.41, 5.74) is 1.52. The van der Waals surface area contributed by atoms with Crippen LogP contribution in [0.3, 0.4) is 0 Å². The summed E-state index contributed by atoms with van der Waals surface area (Å²) < 4.78 is 19.6. The maximum atomic E-state index is 13.5. The van der Waals surface area contributed by atoms with E-state index in [-0.39, 0.29) is 23.8 Å². The fourth-order valence-corrected chi connectivity index (χ4v) is 4.79. The number of hydrogen-bond acceptors (Lipinski definition) is 5. The number of H-pyrrole nitrogens is 1. The van der Waals surface area contributed by atoms with Gasteiger partial charge in [-0.25, -0.2) is 14.3 Å². The van der Waals surface area contributed by atoms with Crippen molar-refractivity contribution < 1.29 is 19.0 Å². The smallest absolute Gasteiger partial charge is 0.411 e. The number of halogens is 1. The van der Waals surface area contributed by atoms with Crippen molar-refractivity contribution in [3.8, 4) is 11.3 Å². The standard InChI is InChI=1S/C27H30FN3O4/c1-17-15-23(32)29-30-24(17)20-7-5-19(6-8-20)18(2)31-14-13-27(35-25(31)33,16-26(3,4)34)21-9-11-22(28)12-10-21/h5-12,15,18,34H,13-14,16H2,1-4H3,(H,29,32)/t18-,27-/m0/s1. The second kappa shape index (κ2) is 9.26. The Morgan fingerprint density at radius 2 is 1.83 bits per heavy atom. The van der Waals surface area contributed by atoms with Crippen molar-refractivity contribution in [1.82, 2.24) is 15.1 Å². The molecule has 2 heterocycles. The predicted octanol–water partition coefficient (Wildman–Crippen LogP) is 4.84. The highest BCUT2D eigenvalue weighted by Crippen LogP contribution is 2.42. The minimum atomic E-state index is -1.09. The van der Waals surface area contributed by atoms with Crippen LogP contribution < -0.4 is 5.56 Å². The largest absolute Gasteiger partial charge is 0.438 e. The molecule has 0 saturated carbocycles. The summed E-state index contributed by atoms with van der Waals surface area (Å²) in [4.78, 5) is 26.3.